The minimum atomic E-state index is -0.691. The molecule has 1 saturated heterocycles. The molecule has 1 aliphatic rings. The normalized spacial score (nSPS) is 16.9. The topological polar surface area (TPSA) is 74.2 Å². The molecule has 0 unspecified atom stereocenters. The second-order valence-corrected chi connectivity index (χ2v) is 8.84. The van der Waals surface area contributed by atoms with Crippen LogP contribution >= 0.6 is 0 Å². The first-order valence-electron chi connectivity index (χ1n) is 10.8. The summed E-state index contributed by atoms with van der Waals surface area (Å²) in [6, 6.07) is 13.1. The molecule has 0 spiro atoms. The van der Waals surface area contributed by atoms with Gasteiger partial charge in [0.1, 0.15) is 24.7 Å². The van der Waals surface area contributed by atoms with Gasteiger partial charge in [0.25, 0.3) is 0 Å². The molecule has 32 heavy (non-hydrogen) atoms. The van der Waals surface area contributed by atoms with E-state index in [1.165, 1.54) is 0 Å². The summed E-state index contributed by atoms with van der Waals surface area (Å²) in [5.41, 5.74) is 2.98. The highest BCUT2D eigenvalue weighted by atomic mass is 16.7. The Morgan fingerprint density at radius 2 is 1.75 bits per heavy atom. The summed E-state index contributed by atoms with van der Waals surface area (Å²) in [6.07, 6.45) is 0.829. The number of hydrogen-bond donors (Lipinski definition) is 1. The lowest BCUT2D eigenvalue weighted by molar-refractivity contribution is -0.294. The zero-order valence-corrected chi connectivity index (χ0v) is 19.3. The molecule has 172 valence electrons. The van der Waals surface area contributed by atoms with E-state index in [1.54, 1.807) is 19.1 Å². The van der Waals surface area contributed by atoms with E-state index >= 15 is 0 Å². The van der Waals surface area contributed by atoms with Gasteiger partial charge in [-0.1, -0.05) is 31.7 Å². The van der Waals surface area contributed by atoms with Crippen LogP contribution in [0.25, 0.3) is 11.1 Å². The molecule has 2 aromatic rings. The lowest BCUT2D eigenvalue weighted by atomic mass is 9.90. The van der Waals surface area contributed by atoms with Gasteiger partial charge in [0, 0.05) is 5.57 Å². The Hall–Kier alpha value is -2.83. The monoisotopic (exact) mass is 440 g/mol. The van der Waals surface area contributed by atoms with Crippen LogP contribution < -0.4 is 4.74 Å². The van der Waals surface area contributed by atoms with Crippen LogP contribution in [0.15, 0.2) is 54.6 Å². The summed E-state index contributed by atoms with van der Waals surface area (Å²) >= 11 is 0. The van der Waals surface area contributed by atoms with Gasteiger partial charge in [0.05, 0.1) is 18.6 Å². The predicted octanol–water partition coefficient (Wildman–Crippen LogP) is 4.89. The first kappa shape index (κ1) is 23.8. The maximum atomic E-state index is 11.9. The number of carbonyl (C=O) groups is 1. The number of aromatic hydroxyl groups is 1. The Morgan fingerprint density at radius 1 is 1.09 bits per heavy atom. The average molecular weight is 441 g/mol. The summed E-state index contributed by atoms with van der Waals surface area (Å²) in [5.74, 6) is -0.173. The van der Waals surface area contributed by atoms with E-state index in [2.05, 4.69) is 13.5 Å². The molecule has 0 bridgehead atoms. The molecule has 0 aliphatic carbocycles. The van der Waals surface area contributed by atoms with Gasteiger partial charge in [0.2, 0.25) is 0 Å². The van der Waals surface area contributed by atoms with Crippen molar-refractivity contribution in [1.82, 2.24) is 0 Å². The number of phenols is 1. The number of hydrogen-bond acceptors (Lipinski definition) is 6. The van der Waals surface area contributed by atoms with Gasteiger partial charge < -0.3 is 24.1 Å². The minimum absolute atomic E-state index is 0.112. The van der Waals surface area contributed by atoms with Crippen molar-refractivity contribution in [2.75, 3.05) is 26.4 Å². The van der Waals surface area contributed by atoms with E-state index < -0.39 is 17.2 Å². The predicted molar refractivity (Wildman–Crippen MR) is 123 cm³/mol. The third-order valence-corrected chi connectivity index (χ3v) is 5.49. The van der Waals surface area contributed by atoms with Crippen molar-refractivity contribution < 1.29 is 28.8 Å². The van der Waals surface area contributed by atoms with Crippen molar-refractivity contribution in [3.05, 3.63) is 60.2 Å². The van der Waals surface area contributed by atoms with E-state index in [-0.39, 0.29) is 19.0 Å². The summed E-state index contributed by atoms with van der Waals surface area (Å²) in [7, 11) is 0. The maximum Gasteiger partial charge on any atom is 0.333 e. The molecule has 0 amide bonds. The number of phenolic OH excluding ortho intramolecular Hbond substituents is 1. The third kappa shape index (κ3) is 5.90. The Balaban J connectivity index is 1.75. The van der Waals surface area contributed by atoms with Gasteiger partial charge in [-0.3, -0.25) is 0 Å². The van der Waals surface area contributed by atoms with Crippen molar-refractivity contribution in [3.8, 4) is 22.6 Å². The molecule has 2 aromatic carbocycles. The van der Waals surface area contributed by atoms with Crippen molar-refractivity contribution in [2.45, 2.75) is 39.9 Å². The van der Waals surface area contributed by atoms with Crippen molar-refractivity contribution in [2.24, 2.45) is 5.41 Å². The van der Waals surface area contributed by atoms with Crippen molar-refractivity contribution in [3.63, 3.8) is 0 Å². The van der Waals surface area contributed by atoms with Gasteiger partial charge in [-0.15, -0.1) is 0 Å². The van der Waals surface area contributed by atoms with Crippen LogP contribution in [0.4, 0.5) is 0 Å². The standard InChI is InChI=1S/C26H32O6/c1-6-19-13-22(11-12-23(19)20-7-9-21(27)10-8-20)29-14-26(15-30-24(28)18(2)3)16-31-25(4,5)32-17-26/h7-13,27H,2,6,14-17H2,1,3-5H3. The Labute approximate surface area is 189 Å². The zero-order valence-electron chi connectivity index (χ0n) is 19.3. The SMILES string of the molecule is C=C(C)C(=O)OCC1(COc2ccc(-c3ccc(O)cc3)c(CC)c2)COC(C)(C)OC1. The summed E-state index contributed by atoms with van der Waals surface area (Å²) in [4.78, 5) is 11.9. The van der Waals surface area contributed by atoms with Gasteiger partial charge >= 0.3 is 5.97 Å². The molecule has 3 rings (SSSR count). The number of carbonyl (C=O) groups excluding carboxylic acids is 1. The second kappa shape index (κ2) is 9.76. The fourth-order valence-electron chi connectivity index (χ4n) is 3.40. The summed E-state index contributed by atoms with van der Waals surface area (Å²) in [5, 5.41) is 9.56. The van der Waals surface area contributed by atoms with Crippen LogP contribution in [0.2, 0.25) is 0 Å². The van der Waals surface area contributed by atoms with Gasteiger partial charge in [0.15, 0.2) is 5.79 Å². The van der Waals surface area contributed by atoms with Gasteiger partial charge in [-0.05, 0) is 68.1 Å². The highest BCUT2D eigenvalue weighted by Gasteiger charge is 2.42. The fourth-order valence-corrected chi connectivity index (χ4v) is 3.40. The molecular weight excluding hydrogens is 408 g/mol. The van der Waals surface area contributed by atoms with E-state index in [1.807, 2.05) is 44.2 Å². The lowest BCUT2D eigenvalue weighted by Crippen LogP contribution is -2.52. The van der Waals surface area contributed by atoms with Crippen LogP contribution in [0, 0.1) is 5.41 Å². The molecule has 6 heteroatoms. The number of aryl methyl sites for hydroxylation is 1. The van der Waals surface area contributed by atoms with Crippen LogP contribution in [-0.4, -0.2) is 43.3 Å². The quantitative estimate of drug-likeness (QED) is 0.465. The summed E-state index contributed by atoms with van der Waals surface area (Å²) in [6.45, 7) is 12.1. The number of ether oxygens (including phenoxy) is 4. The molecule has 0 aromatic heterocycles. The van der Waals surface area contributed by atoms with Crippen LogP contribution in [0.1, 0.15) is 33.3 Å². The van der Waals surface area contributed by atoms with E-state index in [4.69, 9.17) is 18.9 Å². The lowest BCUT2D eigenvalue weighted by Gasteiger charge is -2.42. The fraction of sp³-hybridized carbons (Fsp3) is 0.423. The highest BCUT2D eigenvalue weighted by Crippen LogP contribution is 2.33. The van der Waals surface area contributed by atoms with E-state index in [0.717, 1.165) is 28.9 Å². The second-order valence-electron chi connectivity index (χ2n) is 8.84. The number of esters is 1. The zero-order chi connectivity index (χ0) is 23.4. The molecule has 1 aliphatic heterocycles. The summed E-state index contributed by atoms with van der Waals surface area (Å²) < 4.78 is 23.3. The molecule has 0 radical (unpaired) electrons. The third-order valence-electron chi connectivity index (χ3n) is 5.49. The number of rotatable bonds is 8. The molecular formula is C26H32O6. The molecule has 0 atom stereocenters. The smallest absolute Gasteiger partial charge is 0.333 e. The van der Waals surface area contributed by atoms with Gasteiger partial charge in [-0.25, -0.2) is 4.79 Å². The van der Waals surface area contributed by atoms with E-state index in [9.17, 15) is 9.90 Å². The van der Waals surface area contributed by atoms with E-state index in [0.29, 0.717) is 18.8 Å². The van der Waals surface area contributed by atoms with Gasteiger partial charge in [-0.2, -0.15) is 0 Å². The minimum Gasteiger partial charge on any atom is -0.508 e. The first-order valence-corrected chi connectivity index (χ1v) is 10.8. The largest absolute Gasteiger partial charge is 0.508 e. The maximum absolute atomic E-state index is 11.9. The average Bonchev–Trinajstić information content (AvgIpc) is 2.78. The molecule has 1 fully saturated rings. The van der Waals surface area contributed by atoms with Crippen LogP contribution in [0.3, 0.4) is 0 Å². The Morgan fingerprint density at radius 3 is 2.34 bits per heavy atom. The van der Waals surface area contributed by atoms with Crippen LogP contribution in [-0.2, 0) is 25.4 Å². The number of benzene rings is 2. The van der Waals surface area contributed by atoms with Crippen LogP contribution in [0.5, 0.6) is 11.5 Å². The molecule has 1 heterocycles. The first-order chi connectivity index (χ1) is 15.1. The molecule has 1 N–H and O–H groups in total. The van der Waals surface area contributed by atoms with Crippen molar-refractivity contribution in [1.29, 1.82) is 0 Å². The Bertz CT molecular complexity index is 951. The Kier molecular flexibility index (Phi) is 7.26. The van der Waals surface area contributed by atoms with Crippen molar-refractivity contribution >= 4 is 5.97 Å². The molecule has 0 saturated carbocycles. The molecule has 6 nitrogen and oxygen atoms in total. The highest BCUT2D eigenvalue weighted by molar-refractivity contribution is 5.86.